The van der Waals surface area contributed by atoms with Crippen molar-refractivity contribution >= 4 is 26.5 Å². The lowest BCUT2D eigenvalue weighted by Gasteiger charge is -2.38. The lowest BCUT2D eigenvalue weighted by atomic mass is 9.92. The molecule has 1 aromatic heterocycles. The lowest BCUT2D eigenvalue weighted by molar-refractivity contribution is 0.0543. The summed E-state index contributed by atoms with van der Waals surface area (Å²) in [5.41, 5.74) is 0.581. The number of aromatic nitrogens is 1. The molecular formula is C20H24N2O3S. The molecule has 4 rings (SSSR count). The molecule has 1 unspecified atom stereocenters. The van der Waals surface area contributed by atoms with Crippen LogP contribution in [0.1, 0.15) is 48.9 Å². The third-order valence-electron chi connectivity index (χ3n) is 5.70. The average molecular weight is 372 g/mol. The van der Waals surface area contributed by atoms with Crippen molar-refractivity contribution in [2.75, 3.05) is 11.5 Å². The number of nitrogens with zero attached hydrogens (tertiary/aromatic N) is 2. The summed E-state index contributed by atoms with van der Waals surface area (Å²) >= 11 is 0. The highest BCUT2D eigenvalue weighted by Crippen LogP contribution is 2.31. The Bertz CT molecular complexity index is 914. The van der Waals surface area contributed by atoms with Crippen LogP contribution < -0.4 is 0 Å². The van der Waals surface area contributed by atoms with Gasteiger partial charge in [-0.2, -0.15) is 0 Å². The van der Waals surface area contributed by atoms with Crippen LogP contribution in [0.3, 0.4) is 0 Å². The number of fused-ring (bicyclic) bond motifs is 1. The SMILES string of the molecule is O=C(c1cncc2ccccc12)N(C1CCCCC1)C1CCS(=O)(=O)C1. The van der Waals surface area contributed by atoms with E-state index in [9.17, 15) is 13.2 Å². The van der Waals surface area contributed by atoms with Gasteiger partial charge in [0.15, 0.2) is 9.84 Å². The molecule has 1 saturated heterocycles. The normalized spacial score (nSPS) is 23.2. The largest absolute Gasteiger partial charge is 0.332 e. The Morgan fingerprint density at radius 2 is 1.77 bits per heavy atom. The van der Waals surface area contributed by atoms with E-state index in [-0.39, 0.29) is 29.5 Å². The van der Waals surface area contributed by atoms with Crippen LogP contribution >= 0.6 is 0 Å². The summed E-state index contributed by atoms with van der Waals surface area (Å²) in [6.07, 6.45) is 9.24. The highest BCUT2D eigenvalue weighted by atomic mass is 32.2. The van der Waals surface area contributed by atoms with Gasteiger partial charge >= 0.3 is 0 Å². The zero-order chi connectivity index (χ0) is 18.1. The van der Waals surface area contributed by atoms with Crippen LogP contribution in [0.5, 0.6) is 0 Å². The lowest BCUT2D eigenvalue weighted by Crippen LogP contribution is -2.48. The Balaban J connectivity index is 1.74. The van der Waals surface area contributed by atoms with Crippen LogP contribution in [0.2, 0.25) is 0 Å². The summed E-state index contributed by atoms with van der Waals surface area (Å²) in [5, 5.41) is 1.81. The smallest absolute Gasteiger partial charge is 0.256 e. The van der Waals surface area contributed by atoms with E-state index in [1.807, 2.05) is 29.2 Å². The standard InChI is InChI=1S/C20H24N2O3S/c23-20(19-13-21-12-15-6-4-5-9-18(15)19)22(16-7-2-1-3-8-16)17-10-11-26(24,25)14-17/h4-6,9,12-13,16-17H,1-3,7-8,10-11,14H2. The first-order valence-electron chi connectivity index (χ1n) is 9.41. The maximum atomic E-state index is 13.5. The van der Waals surface area contributed by atoms with Crippen molar-refractivity contribution in [2.45, 2.75) is 50.6 Å². The quantitative estimate of drug-likeness (QED) is 0.830. The van der Waals surface area contributed by atoms with E-state index < -0.39 is 9.84 Å². The van der Waals surface area contributed by atoms with Crippen molar-refractivity contribution in [3.05, 3.63) is 42.2 Å². The molecule has 1 saturated carbocycles. The first kappa shape index (κ1) is 17.5. The van der Waals surface area contributed by atoms with Crippen LogP contribution in [-0.4, -0.2) is 47.8 Å². The minimum Gasteiger partial charge on any atom is -0.332 e. The van der Waals surface area contributed by atoms with Gasteiger partial charge in [0.25, 0.3) is 5.91 Å². The summed E-state index contributed by atoms with van der Waals surface area (Å²) in [7, 11) is -3.05. The Hall–Kier alpha value is -1.95. The molecule has 1 aliphatic carbocycles. The molecule has 5 nitrogen and oxygen atoms in total. The second-order valence-electron chi connectivity index (χ2n) is 7.47. The molecule has 0 radical (unpaired) electrons. The van der Waals surface area contributed by atoms with Crippen LogP contribution in [0.4, 0.5) is 0 Å². The third kappa shape index (κ3) is 3.34. The zero-order valence-electron chi connectivity index (χ0n) is 14.8. The number of carbonyl (C=O) groups excluding carboxylic acids is 1. The average Bonchev–Trinajstić information content (AvgIpc) is 3.01. The van der Waals surface area contributed by atoms with Crippen LogP contribution in [0, 0.1) is 0 Å². The van der Waals surface area contributed by atoms with Gasteiger partial charge in [0.2, 0.25) is 0 Å². The van der Waals surface area contributed by atoms with Crippen molar-refractivity contribution in [1.29, 1.82) is 0 Å². The molecule has 1 aliphatic heterocycles. The number of pyridine rings is 1. The molecule has 138 valence electrons. The van der Waals surface area contributed by atoms with Gasteiger partial charge in [-0.15, -0.1) is 0 Å². The van der Waals surface area contributed by atoms with E-state index in [2.05, 4.69) is 4.98 Å². The fourth-order valence-electron chi connectivity index (χ4n) is 4.41. The predicted octanol–water partition coefficient (Wildman–Crippen LogP) is 3.20. The Labute approximate surface area is 154 Å². The summed E-state index contributed by atoms with van der Waals surface area (Å²) in [6, 6.07) is 7.66. The van der Waals surface area contributed by atoms with Gasteiger partial charge in [-0.3, -0.25) is 9.78 Å². The number of hydrogen-bond donors (Lipinski definition) is 0. The molecule has 0 N–H and O–H groups in total. The Kier molecular flexibility index (Phi) is 4.69. The molecule has 1 aromatic carbocycles. The van der Waals surface area contributed by atoms with Crippen molar-refractivity contribution in [3.8, 4) is 0 Å². The summed E-state index contributed by atoms with van der Waals surface area (Å²) < 4.78 is 24.1. The molecule has 0 spiro atoms. The molecule has 2 aliphatic rings. The van der Waals surface area contributed by atoms with E-state index in [4.69, 9.17) is 0 Å². The van der Waals surface area contributed by atoms with Crippen LogP contribution in [-0.2, 0) is 9.84 Å². The summed E-state index contributed by atoms with van der Waals surface area (Å²) in [6.45, 7) is 0. The van der Waals surface area contributed by atoms with Gasteiger partial charge in [-0.05, 0) is 24.6 Å². The second kappa shape index (κ2) is 6.99. The van der Waals surface area contributed by atoms with Crippen molar-refractivity contribution < 1.29 is 13.2 Å². The molecule has 2 heterocycles. The monoisotopic (exact) mass is 372 g/mol. The molecule has 1 atom stereocenters. The van der Waals surface area contributed by atoms with Gasteiger partial charge in [-0.25, -0.2) is 8.42 Å². The highest BCUT2D eigenvalue weighted by Gasteiger charge is 2.39. The van der Waals surface area contributed by atoms with Gasteiger partial charge < -0.3 is 4.90 Å². The highest BCUT2D eigenvalue weighted by molar-refractivity contribution is 7.91. The van der Waals surface area contributed by atoms with Gasteiger partial charge in [-0.1, -0.05) is 43.5 Å². The Morgan fingerprint density at radius 3 is 2.50 bits per heavy atom. The number of carbonyl (C=O) groups is 1. The van der Waals surface area contributed by atoms with E-state index in [1.54, 1.807) is 12.4 Å². The van der Waals surface area contributed by atoms with E-state index in [0.29, 0.717) is 12.0 Å². The fourth-order valence-corrected chi connectivity index (χ4v) is 6.12. The van der Waals surface area contributed by atoms with Crippen molar-refractivity contribution in [2.24, 2.45) is 0 Å². The van der Waals surface area contributed by atoms with Crippen molar-refractivity contribution in [3.63, 3.8) is 0 Å². The second-order valence-corrected chi connectivity index (χ2v) is 9.70. The van der Waals surface area contributed by atoms with Gasteiger partial charge in [0, 0.05) is 29.9 Å². The first-order valence-corrected chi connectivity index (χ1v) is 11.2. The van der Waals surface area contributed by atoms with E-state index in [1.165, 1.54) is 6.42 Å². The number of sulfone groups is 1. The van der Waals surface area contributed by atoms with E-state index in [0.717, 1.165) is 36.5 Å². The number of rotatable bonds is 3. The van der Waals surface area contributed by atoms with E-state index >= 15 is 0 Å². The molecule has 2 aromatic rings. The zero-order valence-corrected chi connectivity index (χ0v) is 15.6. The summed E-state index contributed by atoms with van der Waals surface area (Å²) in [5.74, 6) is 0.207. The first-order chi connectivity index (χ1) is 12.6. The van der Waals surface area contributed by atoms with Crippen LogP contribution in [0.15, 0.2) is 36.7 Å². The van der Waals surface area contributed by atoms with Gasteiger partial charge in [0.05, 0.1) is 17.1 Å². The number of benzene rings is 1. The maximum Gasteiger partial charge on any atom is 0.256 e. The molecule has 1 amide bonds. The molecular weight excluding hydrogens is 348 g/mol. The summed E-state index contributed by atoms with van der Waals surface area (Å²) in [4.78, 5) is 19.7. The minimum atomic E-state index is -3.05. The Morgan fingerprint density at radius 1 is 1.00 bits per heavy atom. The minimum absolute atomic E-state index is 0.0664. The molecule has 2 fully saturated rings. The van der Waals surface area contributed by atoms with Crippen LogP contribution in [0.25, 0.3) is 10.8 Å². The maximum absolute atomic E-state index is 13.5. The topological polar surface area (TPSA) is 67.3 Å². The molecule has 26 heavy (non-hydrogen) atoms. The molecule has 0 bridgehead atoms. The third-order valence-corrected chi connectivity index (χ3v) is 7.45. The predicted molar refractivity (Wildman–Crippen MR) is 102 cm³/mol. The fraction of sp³-hybridized carbons (Fsp3) is 0.500. The number of amides is 1. The molecule has 6 heteroatoms. The van der Waals surface area contributed by atoms with Gasteiger partial charge in [0.1, 0.15) is 0 Å². The number of hydrogen-bond acceptors (Lipinski definition) is 4. The van der Waals surface area contributed by atoms with Crippen molar-refractivity contribution in [1.82, 2.24) is 9.88 Å².